The first-order chi connectivity index (χ1) is 13.8. The van der Waals surface area contributed by atoms with E-state index < -0.39 is 5.54 Å². The smallest absolute Gasteiger partial charge is 0.255 e. The van der Waals surface area contributed by atoms with Crippen molar-refractivity contribution in [1.82, 2.24) is 4.98 Å². The van der Waals surface area contributed by atoms with Gasteiger partial charge < -0.3 is 16.0 Å². The summed E-state index contributed by atoms with van der Waals surface area (Å²) in [7, 11) is 0. The number of halogens is 1. The molecular weight excluding hydrogens is 387 g/mol. The molecule has 0 aliphatic carbocycles. The molecule has 0 fully saturated rings. The van der Waals surface area contributed by atoms with Gasteiger partial charge in [-0.05, 0) is 69.2 Å². The lowest BCUT2D eigenvalue weighted by Gasteiger charge is -2.30. The topological polar surface area (TPSA) is 83.3 Å². The predicted molar refractivity (Wildman–Crippen MR) is 118 cm³/mol. The van der Waals surface area contributed by atoms with Crippen molar-refractivity contribution in [3.8, 4) is 0 Å². The molecule has 0 radical (unpaired) electrons. The molecule has 2 heterocycles. The van der Waals surface area contributed by atoms with Gasteiger partial charge in [0.1, 0.15) is 5.82 Å². The molecule has 0 bridgehead atoms. The maximum Gasteiger partial charge on any atom is 0.255 e. The number of amides is 1. The molecule has 3 aromatic rings. The molecule has 1 aromatic heterocycles. The zero-order chi connectivity index (χ0) is 20.8. The Kier molecular flexibility index (Phi) is 4.86. The van der Waals surface area contributed by atoms with Gasteiger partial charge in [0, 0.05) is 39.2 Å². The molecule has 1 aliphatic rings. The second-order valence-electron chi connectivity index (χ2n) is 7.61. The third kappa shape index (κ3) is 3.62. The van der Waals surface area contributed by atoms with E-state index in [1.165, 1.54) is 17.8 Å². The summed E-state index contributed by atoms with van der Waals surface area (Å²) in [5.74, 6) is 0.181. The maximum absolute atomic E-state index is 14.6. The van der Waals surface area contributed by atoms with Gasteiger partial charge in [-0.2, -0.15) is 0 Å². The van der Waals surface area contributed by atoms with Gasteiger partial charge in [-0.25, -0.2) is 4.39 Å². The number of nitrogens with zero attached hydrogens (tertiary/aromatic N) is 1. The van der Waals surface area contributed by atoms with Gasteiger partial charge in [0.15, 0.2) is 5.17 Å². The lowest BCUT2D eigenvalue weighted by Crippen LogP contribution is -2.29. The summed E-state index contributed by atoms with van der Waals surface area (Å²) < 4.78 is 14.6. The molecule has 0 spiro atoms. The molecule has 5 nitrogen and oxygen atoms in total. The molecule has 7 heteroatoms. The lowest BCUT2D eigenvalue weighted by molar-refractivity contribution is 0.102. The standard InChI is InChI=1S/C22H23FN4OS/c1-12-13(2)25-19-7-4-14(10-16(12)19)20(28)26-15-5-6-18(23)17(11-15)22(3)8-9-29-21(24)27-22/h4-7,10-11,25H,8-9H2,1-3H3,(H2,24,27)(H,26,28). The largest absolute Gasteiger partial charge is 0.379 e. The highest BCUT2D eigenvalue weighted by atomic mass is 32.2. The first-order valence-corrected chi connectivity index (χ1v) is 10.4. The van der Waals surface area contributed by atoms with Crippen LogP contribution in [0.3, 0.4) is 0 Å². The number of amidine groups is 1. The molecule has 29 heavy (non-hydrogen) atoms. The van der Waals surface area contributed by atoms with Crippen molar-refractivity contribution in [2.45, 2.75) is 32.7 Å². The summed E-state index contributed by atoms with van der Waals surface area (Å²) >= 11 is 1.47. The van der Waals surface area contributed by atoms with Gasteiger partial charge >= 0.3 is 0 Å². The molecule has 0 saturated carbocycles. The minimum Gasteiger partial charge on any atom is -0.379 e. The number of anilines is 1. The van der Waals surface area contributed by atoms with Gasteiger partial charge in [0.25, 0.3) is 5.91 Å². The van der Waals surface area contributed by atoms with Crippen molar-refractivity contribution in [1.29, 1.82) is 0 Å². The van der Waals surface area contributed by atoms with Crippen molar-refractivity contribution in [3.05, 3.63) is 64.6 Å². The number of aryl methyl sites for hydroxylation is 2. The van der Waals surface area contributed by atoms with E-state index in [9.17, 15) is 9.18 Å². The van der Waals surface area contributed by atoms with E-state index in [0.29, 0.717) is 28.4 Å². The highest BCUT2D eigenvalue weighted by Crippen LogP contribution is 2.37. The van der Waals surface area contributed by atoms with Crippen LogP contribution in [0.5, 0.6) is 0 Å². The van der Waals surface area contributed by atoms with Crippen LogP contribution in [-0.2, 0) is 5.54 Å². The van der Waals surface area contributed by atoms with E-state index in [-0.39, 0.29) is 11.7 Å². The van der Waals surface area contributed by atoms with Crippen LogP contribution in [0.25, 0.3) is 10.9 Å². The molecule has 1 unspecified atom stereocenters. The highest BCUT2D eigenvalue weighted by molar-refractivity contribution is 8.13. The summed E-state index contributed by atoms with van der Waals surface area (Å²) in [5.41, 5.74) is 9.85. The zero-order valence-electron chi connectivity index (χ0n) is 16.6. The average molecular weight is 411 g/mol. The fourth-order valence-electron chi connectivity index (χ4n) is 3.70. The van der Waals surface area contributed by atoms with Gasteiger partial charge in [-0.1, -0.05) is 11.8 Å². The average Bonchev–Trinajstić information content (AvgIpc) is 2.96. The second kappa shape index (κ2) is 7.22. The van der Waals surface area contributed by atoms with Crippen LogP contribution in [-0.4, -0.2) is 21.8 Å². The number of rotatable bonds is 3. The molecule has 1 atom stereocenters. The summed E-state index contributed by atoms with van der Waals surface area (Å²) in [6, 6.07) is 10.1. The molecule has 2 aromatic carbocycles. The van der Waals surface area contributed by atoms with E-state index in [2.05, 4.69) is 15.3 Å². The minimum atomic E-state index is -0.737. The Morgan fingerprint density at radius 3 is 2.83 bits per heavy atom. The van der Waals surface area contributed by atoms with Crippen LogP contribution in [0.2, 0.25) is 0 Å². The van der Waals surface area contributed by atoms with Crippen LogP contribution in [0, 0.1) is 19.7 Å². The number of fused-ring (bicyclic) bond motifs is 1. The fraction of sp³-hybridized carbons (Fsp3) is 0.273. The third-order valence-corrected chi connectivity index (χ3v) is 6.37. The monoisotopic (exact) mass is 410 g/mol. The van der Waals surface area contributed by atoms with Crippen LogP contribution < -0.4 is 11.1 Å². The quantitative estimate of drug-likeness (QED) is 0.578. The van der Waals surface area contributed by atoms with Crippen molar-refractivity contribution < 1.29 is 9.18 Å². The summed E-state index contributed by atoms with van der Waals surface area (Å²) in [6.07, 6.45) is 0.676. The maximum atomic E-state index is 14.6. The van der Waals surface area contributed by atoms with Crippen LogP contribution >= 0.6 is 11.8 Å². The van der Waals surface area contributed by atoms with Crippen molar-refractivity contribution in [2.75, 3.05) is 11.1 Å². The van der Waals surface area contributed by atoms with Crippen molar-refractivity contribution in [3.63, 3.8) is 0 Å². The molecule has 1 aliphatic heterocycles. The number of carbonyl (C=O) groups excluding carboxylic acids is 1. The van der Waals surface area contributed by atoms with E-state index >= 15 is 0 Å². The highest BCUT2D eigenvalue weighted by Gasteiger charge is 2.32. The Morgan fingerprint density at radius 1 is 1.28 bits per heavy atom. The molecule has 4 rings (SSSR count). The van der Waals surface area contributed by atoms with E-state index in [1.807, 2.05) is 32.9 Å². The predicted octanol–water partition coefficient (Wildman–Crippen LogP) is 4.84. The van der Waals surface area contributed by atoms with Crippen molar-refractivity contribution >= 4 is 39.4 Å². The van der Waals surface area contributed by atoms with Crippen LogP contribution in [0.15, 0.2) is 41.4 Å². The lowest BCUT2D eigenvalue weighted by atomic mass is 9.89. The Bertz CT molecular complexity index is 1150. The number of nitrogens with two attached hydrogens (primary N) is 1. The van der Waals surface area contributed by atoms with Crippen molar-refractivity contribution in [2.24, 2.45) is 10.7 Å². The first-order valence-electron chi connectivity index (χ1n) is 9.45. The van der Waals surface area contributed by atoms with E-state index in [0.717, 1.165) is 27.9 Å². The number of hydrogen-bond donors (Lipinski definition) is 3. The summed E-state index contributed by atoms with van der Waals surface area (Å²) in [5, 5.41) is 4.36. The number of thioether (sulfide) groups is 1. The van der Waals surface area contributed by atoms with Gasteiger partial charge in [0.05, 0.1) is 5.54 Å². The Morgan fingerprint density at radius 2 is 2.07 bits per heavy atom. The fourth-order valence-corrected chi connectivity index (χ4v) is 4.68. The molecule has 150 valence electrons. The summed E-state index contributed by atoms with van der Waals surface area (Å²) in [4.78, 5) is 20.6. The molecule has 1 amide bonds. The number of aliphatic imine (C=N–C) groups is 1. The number of carbonyl (C=O) groups is 1. The third-order valence-electron chi connectivity index (χ3n) is 5.57. The molecule has 4 N–H and O–H groups in total. The Hall–Kier alpha value is -2.80. The van der Waals surface area contributed by atoms with E-state index in [1.54, 1.807) is 18.2 Å². The van der Waals surface area contributed by atoms with Gasteiger partial charge in [-0.3, -0.25) is 9.79 Å². The van der Waals surface area contributed by atoms with E-state index in [4.69, 9.17) is 5.73 Å². The number of benzene rings is 2. The van der Waals surface area contributed by atoms with Gasteiger partial charge in [-0.15, -0.1) is 0 Å². The Labute approximate surface area is 173 Å². The van der Waals surface area contributed by atoms with Crippen LogP contribution in [0.4, 0.5) is 10.1 Å². The van der Waals surface area contributed by atoms with Crippen LogP contribution in [0.1, 0.15) is 40.5 Å². The number of aromatic nitrogens is 1. The second-order valence-corrected chi connectivity index (χ2v) is 8.72. The zero-order valence-corrected chi connectivity index (χ0v) is 17.4. The first kappa shape index (κ1) is 19.5. The molecule has 0 saturated heterocycles. The SMILES string of the molecule is Cc1[nH]c2ccc(C(=O)Nc3ccc(F)c(C4(C)CCSC(N)=N4)c3)cc2c1C. The number of aromatic amines is 1. The Balaban J connectivity index is 1.64. The normalized spacial score (nSPS) is 19.2. The minimum absolute atomic E-state index is 0.241. The number of nitrogens with one attached hydrogen (secondary N) is 2. The molecular formula is C22H23FN4OS. The number of hydrogen-bond acceptors (Lipinski definition) is 4. The van der Waals surface area contributed by atoms with Gasteiger partial charge in [0.2, 0.25) is 0 Å². The summed E-state index contributed by atoms with van der Waals surface area (Å²) in [6.45, 7) is 5.90. The number of H-pyrrole nitrogens is 1.